The van der Waals surface area contributed by atoms with Crippen LogP contribution in [0, 0.1) is 0 Å². The molecule has 0 aliphatic rings. The lowest BCUT2D eigenvalue weighted by molar-refractivity contribution is -0.132. The van der Waals surface area contributed by atoms with Crippen molar-refractivity contribution in [1.29, 1.82) is 0 Å². The molecule has 0 saturated carbocycles. The van der Waals surface area contributed by atoms with E-state index in [1.807, 2.05) is 0 Å². The lowest BCUT2D eigenvalue weighted by Gasteiger charge is -2.05. The van der Waals surface area contributed by atoms with Gasteiger partial charge >= 0.3 is 5.97 Å². The number of nitrogens with zero attached hydrogens (tertiary/aromatic N) is 1. The quantitative estimate of drug-likeness (QED) is 0.304. The molecule has 0 rings (SSSR count). The van der Waals surface area contributed by atoms with E-state index in [-0.39, 0.29) is 11.6 Å². The van der Waals surface area contributed by atoms with Crippen LogP contribution in [0.15, 0.2) is 16.6 Å². The van der Waals surface area contributed by atoms with Crippen molar-refractivity contribution in [3.63, 3.8) is 0 Å². The third-order valence-electron chi connectivity index (χ3n) is 2.10. The van der Waals surface area contributed by atoms with Crippen LogP contribution in [0.5, 0.6) is 0 Å². The molecule has 0 aliphatic heterocycles. The van der Waals surface area contributed by atoms with E-state index in [2.05, 4.69) is 11.9 Å². The van der Waals surface area contributed by atoms with Gasteiger partial charge in [-0.15, -0.1) is 0 Å². The average Bonchev–Trinajstić information content (AvgIpc) is 2.18. The second kappa shape index (κ2) is 7.94. The third-order valence-corrected chi connectivity index (χ3v) is 2.10. The lowest BCUT2D eigenvalue weighted by atomic mass is 10.1. The first-order chi connectivity index (χ1) is 7.11. The molecule has 0 aromatic carbocycles. The van der Waals surface area contributed by atoms with E-state index in [1.165, 1.54) is 19.1 Å². The van der Waals surface area contributed by atoms with E-state index in [0.717, 1.165) is 19.3 Å². The molecule has 0 bridgehead atoms. The van der Waals surface area contributed by atoms with Gasteiger partial charge in [0.2, 0.25) is 6.08 Å². The minimum Gasteiger partial charge on any atom is -0.478 e. The number of aliphatic imine (C=N–C) groups is 1. The number of carbonyl (C=O) groups excluding carboxylic acids is 1. The summed E-state index contributed by atoms with van der Waals surface area (Å²) in [5, 5.41) is 8.66. The van der Waals surface area contributed by atoms with Crippen molar-refractivity contribution in [3.05, 3.63) is 11.6 Å². The van der Waals surface area contributed by atoms with Gasteiger partial charge in [0.15, 0.2) is 0 Å². The molecule has 0 aromatic rings. The van der Waals surface area contributed by atoms with Crippen molar-refractivity contribution in [2.24, 2.45) is 4.99 Å². The van der Waals surface area contributed by atoms with E-state index < -0.39 is 5.97 Å². The second-order valence-corrected chi connectivity index (χ2v) is 3.44. The van der Waals surface area contributed by atoms with Gasteiger partial charge in [0, 0.05) is 5.57 Å². The minimum absolute atomic E-state index is 0.218. The standard InChI is InChI=1S/C11H17NO3/c1-3-4-5-6-10(12-8-13)7-9(2)11(14)15/h7,10H,3-6H2,1-2H3,(H,14,15). The number of isocyanates is 1. The molecular formula is C11H17NO3. The fraction of sp³-hybridized carbons (Fsp3) is 0.636. The van der Waals surface area contributed by atoms with Gasteiger partial charge in [-0.1, -0.05) is 26.2 Å². The van der Waals surface area contributed by atoms with Crippen LogP contribution in [-0.4, -0.2) is 23.2 Å². The van der Waals surface area contributed by atoms with Crippen molar-refractivity contribution >= 4 is 12.0 Å². The molecule has 0 radical (unpaired) electrons. The number of carboxylic acid groups (broad SMARTS) is 1. The predicted molar refractivity (Wildman–Crippen MR) is 57.4 cm³/mol. The number of carboxylic acids is 1. The molecule has 15 heavy (non-hydrogen) atoms. The highest BCUT2D eigenvalue weighted by molar-refractivity contribution is 5.85. The molecule has 0 aliphatic carbocycles. The highest BCUT2D eigenvalue weighted by Gasteiger charge is 2.07. The molecule has 0 aromatic heterocycles. The number of rotatable bonds is 7. The van der Waals surface area contributed by atoms with Gasteiger partial charge < -0.3 is 5.11 Å². The molecule has 4 nitrogen and oxygen atoms in total. The van der Waals surface area contributed by atoms with Gasteiger partial charge in [-0.3, -0.25) is 0 Å². The fourth-order valence-electron chi connectivity index (χ4n) is 1.22. The molecule has 4 heteroatoms. The van der Waals surface area contributed by atoms with Gasteiger partial charge in [-0.25, -0.2) is 9.59 Å². The zero-order valence-corrected chi connectivity index (χ0v) is 9.19. The Balaban J connectivity index is 4.33. The molecule has 0 amide bonds. The molecule has 0 saturated heterocycles. The van der Waals surface area contributed by atoms with Crippen LogP contribution in [0.3, 0.4) is 0 Å². The molecule has 1 atom stereocenters. The maximum Gasteiger partial charge on any atom is 0.331 e. The third kappa shape index (κ3) is 6.63. The molecule has 0 heterocycles. The normalized spacial score (nSPS) is 13.1. The summed E-state index contributed by atoms with van der Waals surface area (Å²) in [4.78, 5) is 24.3. The van der Waals surface area contributed by atoms with E-state index in [0.29, 0.717) is 6.42 Å². The van der Waals surface area contributed by atoms with Gasteiger partial charge in [0.05, 0.1) is 6.04 Å². The number of hydrogen-bond acceptors (Lipinski definition) is 3. The Hall–Kier alpha value is -1.41. The molecule has 84 valence electrons. The van der Waals surface area contributed by atoms with Crippen LogP contribution in [-0.2, 0) is 9.59 Å². The summed E-state index contributed by atoms with van der Waals surface area (Å²) in [5.74, 6) is -0.975. The zero-order chi connectivity index (χ0) is 11.7. The molecule has 1 unspecified atom stereocenters. The Morgan fingerprint density at radius 2 is 2.20 bits per heavy atom. The topological polar surface area (TPSA) is 66.7 Å². The molecule has 0 fully saturated rings. The SMILES string of the molecule is CCCCCC(C=C(C)C(=O)O)N=C=O. The van der Waals surface area contributed by atoms with Crippen molar-refractivity contribution in [3.8, 4) is 0 Å². The highest BCUT2D eigenvalue weighted by Crippen LogP contribution is 2.09. The Morgan fingerprint density at radius 1 is 1.53 bits per heavy atom. The monoisotopic (exact) mass is 211 g/mol. The van der Waals surface area contributed by atoms with E-state index in [4.69, 9.17) is 5.11 Å². The summed E-state index contributed by atoms with van der Waals surface area (Å²) in [5.41, 5.74) is 0.218. The number of unbranched alkanes of at least 4 members (excludes halogenated alkanes) is 2. The van der Waals surface area contributed by atoms with Crippen molar-refractivity contribution in [1.82, 2.24) is 0 Å². The van der Waals surface area contributed by atoms with E-state index in [1.54, 1.807) is 0 Å². The van der Waals surface area contributed by atoms with Crippen LogP contribution >= 0.6 is 0 Å². The average molecular weight is 211 g/mol. The largest absolute Gasteiger partial charge is 0.478 e. The minimum atomic E-state index is -0.975. The van der Waals surface area contributed by atoms with Crippen LogP contribution in [0.4, 0.5) is 0 Å². The maximum absolute atomic E-state index is 10.6. The molecule has 0 spiro atoms. The first-order valence-corrected chi connectivity index (χ1v) is 5.10. The van der Waals surface area contributed by atoms with E-state index >= 15 is 0 Å². The van der Waals surface area contributed by atoms with Gasteiger partial charge in [-0.05, 0) is 19.4 Å². The number of aliphatic carboxylic acids is 1. The number of carbonyl (C=O) groups is 1. The van der Waals surface area contributed by atoms with Crippen LogP contribution in [0.2, 0.25) is 0 Å². The van der Waals surface area contributed by atoms with Crippen molar-refractivity contribution in [2.75, 3.05) is 0 Å². The second-order valence-electron chi connectivity index (χ2n) is 3.44. The van der Waals surface area contributed by atoms with Gasteiger partial charge in [0.25, 0.3) is 0 Å². The zero-order valence-electron chi connectivity index (χ0n) is 9.19. The van der Waals surface area contributed by atoms with Gasteiger partial charge in [-0.2, -0.15) is 4.99 Å². The molecule has 1 N–H and O–H groups in total. The smallest absolute Gasteiger partial charge is 0.331 e. The Labute approximate surface area is 89.7 Å². The maximum atomic E-state index is 10.6. The molecular weight excluding hydrogens is 194 g/mol. The Morgan fingerprint density at radius 3 is 2.67 bits per heavy atom. The summed E-state index contributed by atoms with van der Waals surface area (Å²) >= 11 is 0. The first-order valence-electron chi connectivity index (χ1n) is 5.10. The van der Waals surface area contributed by atoms with Crippen molar-refractivity contribution < 1.29 is 14.7 Å². The van der Waals surface area contributed by atoms with E-state index in [9.17, 15) is 9.59 Å². The Bertz CT molecular complexity index is 278. The van der Waals surface area contributed by atoms with Crippen LogP contribution < -0.4 is 0 Å². The van der Waals surface area contributed by atoms with Gasteiger partial charge in [0.1, 0.15) is 0 Å². The summed E-state index contributed by atoms with van der Waals surface area (Å²) in [7, 11) is 0. The Kier molecular flexibility index (Phi) is 7.20. The van der Waals surface area contributed by atoms with Crippen LogP contribution in [0.25, 0.3) is 0 Å². The predicted octanol–water partition coefficient (Wildman–Crippen LogP) is 2.30. The summed E-state index contributed by atoms with van der Waals surface area (Å²) in [6.45, 7) is 3.58. The summed E-state index contributed by atoms with van der Waals surface area (Å²) in [6.07, 6.45) is 6.76. The number of hydrogen-bond donors (Lipinski definition) is 1. The summed E-state index contributed by atoms with van der Waals surface area (Å²) < 4.78 is 0. The highest BCUT2D eigenvalue weighted by atomic mass is 16.4. The fourth-order valence-corrected chi connectivity index (χ4v) is 1.22. The summed E-state index contributed by atoms with van der Waals surface area (Å²) in [6, 6.07) is -0.342. The van der Waals surface area contributed by atoms with Crippen molar-refractivity contribution in [2.45, 2.75) is 45.6 Å². The van der Waals surface area contributed by atoms with Crippen LogP contribution in [0.1, 0.15) is 39.5 Å². The first kappa shape index (κ1) is 13.6. The lowest BCUT2D eigenvalue weighted by Crippen LogP contribution is -2.05.